The van der Waals surface area contributed by atoms with Crippen molar-refractivity contribution in [1.29, 1.82) is 0 Å². The summed E-state index contributed by atoms with van der Waals surface area (Å²) < 4.78 is 26.1. The van der Waals surface area contributed by atoms with Crippen molar-refractivity contribution in [3.05, 3.63) is 24.3 Å². The maximum atomic E-state index is 12.3. The second-order valence-corrected chi connectivity index (χ2v) is 6.68. The van der Waals surface area contributed by atoms with Crippen LogP contribution in [0.1, 0.15) is 27.2 Å². The molecule has 0 amide bonds. The Kier molecular flexibility index (Phi) is 3.84. The molecule has 0 aliphatic carbocycles. The summed E-state index contributed by atoms with van der Waals surface area (Å²) in [6.07, 6.45) is 0.748. The van der Waals surface area contributed by atoms with E-state index in [1.165, 1.54) is 16.4 Å². The quantitative estimate of drug-likeness (QED) is 0.839. The highest BCUT2D eigenvalue weighted by Crippen LogP contribution is 2.25. The first-order valence-corrected chi connectivity index (χ1v) is 7.00. The van der Waals surface area contributed by atoms with E-state index < -0.39 is 15.6 Å². The number of anilines is 1. The van der Waals surface area contributed by atoms with Crippen LogP contribution >= 0.6 is 0 Å². The van der Waals surface area contributed by atoms with Gasteiger partial charge in [-0.1, -0.05) is 6.92 Å². The van der Waals surface area contributed by atoms with E-state index >= 15 is 0 Å². The highest BCUT2D eigenvalue weighted by molar-refractivity contribution is 7.89. The maximum absolute atomic E-state index is 12.3. The van der Waals surface area contributed by atoms with E-state index in [4.69, 9.17) is 5.73 Å². The third-order valence-corrected chi connectivity index (χ3v) is 5.34. The SMILES string of the molecule is CCC(C)(C)N(C)S(=O)(=O)c1ccc(N)cc1. The largest absolute Gasteiger partial charge is 0.399 e. The van der Waals surface area contributed by atoms with Crippen LogP contribution in [0.25, 0.3) is 0 Å². The molecule has 0 aromatic heterocycles. The summed E-state index contributed by atoms with van der Waals surface area (Å²) in [5, 5.41) is 0. The molecule has 0 aliphatic rings. The smallest absolute Gasteiger partial charge is 0.243 e. The lowest BCUT2D eigenvalue weighted by Crippen LogP contribution is -2.44. The Morgan fingerprint density at radius 1 is 1.24 bits per heavy atom. The minimum Gasteiger partial charge on any atom is -0.399 e. The lowest BCUT2D eigenvalue weighted by molar-refractivity contribution is 0.257. The van der Waals surface area contributed by atoms with Gasteiger partial charge in [0.25, 0.3) is 0 Å². The summed E-state index contributed by atoms with van der Waals surface area (Å²) in [5.74, 6) is 0. The van der Waals surface area contributed by atoms with Crippen LogP contribution in [-0.2, 0) is 10.0 Å². The number of nitrogens with two attached hydrogens (primary N) is 1. The van der Waals surface area contributed by atoms with Gasteiger partial charge in [0.15, 0.2) is 0 Å². The summed E-state index contributed by atoms with van der Waals surface area (Å²) in [5.41, 5.74) is 5.70. The van der Waals surface area contributed by atoms with E-state index in [9.17, 15) is 8.42 Å². The van der Waals surface area contributed by atoms with Crippen LogP contribution in [0, 0.1) is 0 Å². The predicted molar refractivity (Wildman–Crippen MR) is 70.2 cm³/mol. The van der Waals surface area contributed by atoms with Crippen LogP contribution in [0.15, 0.2) is 29.2 Å². The predicted octanol–water partition coefficient (Wildman–Crippen LogP) is 2.08. The second kappa shape index (κ2) is 4.66. The average Bonchev–Trinajstić information content (AvgIpc) is 2.28. The van der Waals surface area contributed by atoms with E-state index in [1.54, 1.807) is 19.2 Å². The van der Waals surface area contributed by atoms with Crippen LogP contribution in [0.5, 0.6) is 0 Å². The minimum absolute atomic E-state index is 0.274. The molecule has 0 aliphatic heterocycles. The topological polar surface area (TPSA) is 63.4 Å². The third kappa shape index (κ3) is 2.79. The first-order chi connectivity index (χ1) is 7.71. The average molecular weight is 256 g/mol. The molecule has 0 atom stereocenters. The van der Waals surface area contributed by atoms with Crippen molar-refractivity contribution in [1.82, 2.24) is 4.31 Å². The van der Waals surface area contributed by atoms with E-state index in [0.29, 0.717) is 5.69 Å². The van der Waals surface area contributed by atoms with Gasteiger partial charge in [-0.3, -0.25) is 0 Å². The lowest BCUT2D eigenvalue weighted by Gasteiger charge is -2.33. The summed E-state index contributed by atoms with van der Waals surface area (Å²) in [6, 6.07) is 6.26. The van der Waals surface area contributed by atoms with Crippen LogP contribution in [0.4, 0.5) is 5.69 Å². The van der Waals surface area contributed by atoms with Crippen LogP contribution in [0.2, 0.25) is 0 Å². The fraction of sp³-hybridized carbons (Fsp3) is 0.500. The zero-order chi connectivity index (χ0) is 13.3. The summed E-state index contributed by atoms with van der Waals surface area (Å²) in [4.78, 5) is 0.274. The van der Waals surface area contributed by atoms with Crippen LogP contribution in [-0.4, -0.2) is 25.3 Å². The van der Waals surface area contributed by atoms with Crippen molar-refractivity contribution in [2.24, 2.45) is 0 Å². The summed E-state index contributed by atoms with van der Waals surface area (Å²) in [7, 11) is -1.84. The van der Waals surface area contributed by atoms with Gasteiger partial charge in [-0.25, -0.2) is 8.42 Å². The molecule has 0 unspecified atom stereocenters. The van der Waals surface area contributed by atoms with Crippen molar-refractivity contribution in [3.8, 4) is 0 Å². The molecule has 4 nitrogen and oxygen atoms in total. The van der Waals surface area contributed by atoms with Crippen LogP contribution in [0.3, 0.4) is 0 Å². The zero-order valence-corrected chi connectivity index (χ0v) is 11.6. The number of sulfonamides is 1. The summed E-state index contributed by atoms with van der Waals surface area (Å²) in [6.45, 7) is 5.78. The molecular weight excluding hydrogens is 236 g/mol. The normalized spacial score (nSPS) is 13.0. The zero-order valence-electron chi connectivity index (χ0n) is 10.8. The Hall–Kier alpha value is -1.07. The van der Waals surface area contributed by atoms with Gasteiger partial charge in [0.2, 0.25) is 10.0 Å². The van der Waals surface area contributed by atoms with Gasteiger partial charge >= 0.3 is 0 Å². The molecule has 1 aromatic carbocycles. The van der Waals surface area contributed by atoms with Crippen molar-refractivity contribution >= 4 is 15.7 Å². The Morgan fingerprint density at radius 3 is 2.12 bits per heavy atom. The second-order valence-electron chi connectivity index (χ2n) is 4.71. The van der Waals surface area contributed by atoms with Crippen molar-refractivity contribution in [3.63, 3.8) is 0 Å². The highest BCUT2D eigenvalue weighted by Gasteiger charge is 2.32. The van der Waals surface area contributed by atoms with Gasteiger partial charge in [-0.2, -0.15) is 4.31 Å². The van der Waals surface area contributed by atoms with Gasteiger partial charge in [0.05, 0.1) is 4.90 Å². The first kappa shape index (κ1) is 14.0. The highest BCUT2D eigenvalue weighted by atomic mass is 32.2. The molecule has 0 saturated carbocycles. The van der Waals surface area contributed by atoms with Gasteiger partial charge in [0.1, 0.15) is 0 Å². The molecule has 0 saturated heterocycles. The first-order valence-electron chi connectivity index (χ1n) is 5.56. The number of nitrogens with zero attached hydrogens (tertiary/aromatic N) is 1. The molecule has 0 fully saturated rings. The Morgan fingerprint density at radius 2 is 1.71 bits per heavy atom. The van der Waals surface area contributed by atoms with E-state index in [1.807, 2.05) is 20.8 Å². The van der Waals surface area contributed by atoms with Gasteiger partial charge in [-0.05, 0) is 44.5 Å². The number of benzene rings is 1. The Balaban J connectivity index is 3.16. The van der Waals surface area contributed by atoms with E-state index in [-0.39, 0.29) is 4.90 Å². The monoisotopic (exact) mass is 256 g/mol. The molecule has 96 valence electrons. The Labute approximate surface area is 103 Å². The van der Waals surface area contributed by atoms with E-state index in [2.05, 4.69) is 0 Å². The number of hydrogen-bond acceptors (Lipinski definition) is 3. The molecule has 0 spiro atoms. The van der Waals surface area contributed by atoms with E-state index in [0.717, 1.165) is 6.42 Å². The molecule has 1 aromatic rings. The molecule has 0 heterocycles. The maximum Gasteiger partial charge on any atom is 0.243 e. The van der Waals surface area contributed by atoms with Gasteiger partial charge < -0.3 is 5.73 Å². The fourth-order valence-electron chi connectivity index (χ4n) is 1.35. The van der Waals surface area contributed by atoms with Crippen molar-refractivity contribution < 1.29 is 8.42 Å². The van der Waals surface area contributed by atoms with Crippen LogP contribution < -0.4 is 5.73 Å². The fourth-order valence-corrected chi connectivity index (χ4v) is 2.92. The van der Waals surface area contributed by atoms with Gasteiger partial charge in [0, 0.05) is 18.3 Å². The minimum atomic E-state index is -3.45. The third-order valence-electron chi connectivity index (χ3n) is 3.26. The van der Waals surface area contributed by atoms with Crippen molar-refractivity contribution in [2.45, 2.75) is 37.6 Å². The molecule has 5 heteroatoms. The molecular formula is C12H20N2O2S. The Bertz CT molecular complexity index is 478. The number of hydrogen-bond donors (Lipinski definition) is 1. The standard InChI is InChI=1S/C12H20N2O2S/c1-5-12(2,3)14(4)17(15,16)11-8-6-10(13)7-9-11/h6-9H,5,13H2,1-4H3. The lowest BCUT2D eigenvalue weighted by atomic mass is 10.0. The van der Waals surface area contributed by atoms with Crippen molar-refractivity contribution in [2.75, 3.05) is 12.8 Å². The molecule has 2 N–H and O–H groups in total. The molecule has 0 bridgehead atoms. The molecule has 17 heavy (non-hydrogen) atoms. The molecule has 0 radical (unpaired) electrons. The number of rotatable bonds is 4. The molecule has 1 rings (SSSR count). The number of nitrogen functional groups attached to an aromatic ring is 1. The summed E-state index contributed by atoms with van der Waals surface area (Å²) >= 11 is 0. The van der Waals surface area contributed by atoms with Gasteiger partial charge in [-0.15, -0.1) is 0 Å².